The SMILES string of the molecule is CC1OCCC1CN1C2CCC1CC(=O)C2. The zero-order valence-electron chi connectivity index (χ0n) is 10.0. The van der Waals surface area contributed by atoms with Crippen molar-refractivity contribution in [2.24, 2.45) is 5.92 Å². The third-order valence-corrected chi connectivity index (χ3v) is 4.68. The molecule has 3 heterocycles. The van der Waals surface area contributed by atoms with Crippen molar-refractivity contribution in [2.75, 3.05) is 13.2 Å². The van der Waals surface area contributed by atoms with E-state index in [-0.39, 0.29) is 0 Å². The van der Waals surface area contributed by atoms with Crippen molar-refractivity contribution in [1.29, 1.82) is 0 Å². The van der Waals surface area contributed by atoms with E-state index in [0.29, 0.717) is 29.9 Å². The number of ether oxygens (including phenoxy) is 1. The maximum atomic E-state index is 11.5. The summed E-state index contributed by atoms with van der Waals surface area (Å²) in [5, 5.41) is 0. The molecule has 0 aromatic carbocycles. The van der Waals surface area contributed by atoms with E-state index < -0.39 is 0 Å². The molecule has 90 valence electrons. The third kappa shape index (κ3) is 1.80. The summed E-state index contributed by atoms with van der Waals surface area (Å²) in [6, 6.07) is 1.11. The number of hydrogen-bond donors (Lipinski definition) is 0. The van der Waals surface area contributed by atoms with E-state index in [4.69, 9.17) is 4.74 Å². The molecule has 4 unspecified atom stereocenters. The molecule has 0 spiro atoms. The molecule has 2 bridgehead atoms. The lowest BCUT2D eigenvalue weighted by atomic mass is 9.96. The number of ketones is 1. The first-order valence-corrected chi connectivity index (χ1v) is 6.63. The fourth-order valence-electron chi connectivity index (χ4n) is 3.65. The van der Waals surface area contributed by atoms with Crippen LogP contribution in [-0.4, -0.2) is 42.0 Å². The smallest absolute Gasteiger partial charge is 0.136 e. The summed E-state index contributed by atoms with van der Waals surface area (Å²) in [6.45, 7) is 4.27. The lowest BCUT2D eigenvalue weighted by Gasteiger charge is -2.36. The molecule has 3 rings (SSSR count). The van der Waals surface area contributed by atoms with E-state index in [1.165, 1.54) is 19.3 Å². The Morgan fingerprint density at radius 1 is 1.25 bits per heavy atom. The Morgan fingerprint density at radius 3 is 2.50 bits per heavy atom. The Hall–Kier alpha value is -0.410. The highest BCUT2D eigenvalue weighted by Gasteiger charge is 2.41. The molecule has 4 atom stereocenters. The molecule has 3 aliphatic heterocycles. The van der Waals surface area contributed by atoms with Crippen LogP contribution in [0.25, 0.3) is 0 Å². The normalized spacial score (nSPS) is 44.2. The lowest BCUT2D eigenvalue weighted by molar-refractivity contribution is -0.123. The molecule has 3 fully saturated rings. The van der Waals surface area contributed by atoms with Crippen molar-refractivity contribution in [3.8, 4) is 0 Å². The molecule has 0 radical (unpaired) electrons. The van der Waals surface area contributed by atoms with Gasteiger partial charge in [0.15, 0.2) is 0 Å². The number of carbonyl (C=O) groups excluding carboxylic acids is 1. The Bertz CT molecular complexity index is 276. The van der Waals surface area contributed by atoms with Crippen LogP contribution in [0, 0.1) is 5.92 Å². The molecule has 0 N–H and O–H groups in total. The minimum atomic E-state index is 0.414. The highest BCUT2D eigenvalue weighted by atomic mass is 16.5. The van der Waals surface area contributed by atoms with Crippen LogP contribution in [0.15, 0.2) is 0 Å². The van der Waals surface area contributed by atoms with Gasteiger partial charge in [-0.2, -0.15) is 0 Å². The number of carbonyl (C=O) groups is 1. The molecular formula is C13H21NO2. The Balaban J connectivity index is 1.65. The molecule has 0 amide bonds. The highest BCUT2D eigenvalue weighted by molar-refractivity contribution is 5.80. The fraction of sp³-hybridized carbons (Fsp3) is 0.923. The molecule has 3 saturated heterocycles. The predicted molar refractivity (Wildman–Crippen MR) is 61.3 cm³/mol. The van der Waals surface area contributed by atoms with Gasteiger partial charge in [0.2, 0.25) is 0 Å². The van der Waals surface area contributed by atoms with Gasteiger partial charge in [-0.1, -0.05) is 0 Å². The first-order valence-electron chi connectivity index (χ1n) is 6.63. The standard InChI is InChI=1S/C13H21NO2/c1-9-10(4-5-16-9)8-14-11-2-3-12(14)7-13(15)6-11/h9-12H,2-8H2,1H3. The Kier molecular flexibility index (Phi) is 2.76. The van der Waals surface area contributed by atoms with E-state index >= 15 is 0 Å². The quantitative estimate of drug-likeness (QED) is 0.712. The van der Waals surface area contributed by atoms with Crippen LogP contribution in [0.4, 0.5) is 0 Å². The number of fused-ring (bicyclic) bond motifs is 2. The van der Waals surface area contributed by atoms with Gasteiger partial charge in [-0.25, -0.2) is 0 Å². The minimum absolute atomic E-state index is 0.414. The van der Waals surface area contributed by atoms with Crippen molar-refractivity contribution in [2.45, 2.75) is 57.2 Å². The monoisotopic (exact) mass is 223 g/mol. The van der Waals surface area contributed by atoms with Crippen molar-refractivity contribution < 1.29 is 9.53 Å². The highest BCUT2D eigenvalue weighted by Crippen LogP contribution is 2.36. The molecule has 3 nitrogen and oxygen atoms in total. The zero-order chi connectivity index (χ0) is 11.1. The van der Waals surface area contributed by atoms with Gasteiger partial charge in [-0.15, -0.1) is 0 Å². The van der Waals surface area contributed by atoms with Gasteiger partial charge in [-0.05, 0) is 32.1 Å². The van der Waals surface area contributed by atoms with Crippen LogP contribution >= 0.6 is 0 Å². The molecule has 3 heteroatoms. The van der Waals surface area contributed by atoms with Gasteiger partial charge in [-0.3, -0.25) is 9.69 Å². The average Bonchev–Trinajstić information content (AvgIpc) is 2.73. The van der Waals surface area contributed by atoms with Gasteiger partial charge in [0.1, 0.15) is 5.78 Å². The molecule has 0 aromatic rings. The van der Waals surface area contributed by atoms with Crippen molar-refractivity contribution in [1.82, 2.24) is 4.90 Å². The van der Waals surface area contributed by atoms with Crippen LogP contribution in [0.5, 0.6) is 0 Å². The topological polar surface area (TPSA) is 29.5 Å². The average molecular weight is 223 g/mol. The summed E-state index contributed by atoms with van der Waals surface area (Å²) in [4.78, 5) is 14.1. The van der Waals surface area contributed by atoms with Crippen molar-refractivity contribution in [3.63, 3.8) is 0 Å². The molecule has 0 aliphatic carbocycles. The van der Waals surface area contributed by atoms with Crippen LogP contribution in [0.2, 0.25) is 0 Å². The van der Waals surface area contributed by atoms with E-state index in [2.05, 4.69) is 11.8 Å². The zero-order valence-corrected chi connectivity index (χ0v) is 10.0. The van der Waals surface area contributed by atoms with Gasteiger partial charge in [0.25, 0.3) is 0 Å². The summed E-state index contributed by atoms with van der Waals surface area (Å²) >= 11 is 0. The first kappa shape index (κ1) is 10.7. The van der Waals surface area contributed by atoms with Gasteiger partial charge in [0, 0.05) is 38.1 Å². The van der Waals surface area contributed by atoms with Crippen LogP contribution in [0.1, 0.15) is 39.0 Å². The largest absolute Gasteiger partial charge is 0.378 e. The second-order valence-corrected chi connectivity index (χ2v) is 5.65. The van der Waals surface area contributed by atoms with Gasteiger partial charge in [0.05, 0.1) is 6.10 Å². The Labute approximate surface area is 97.1 Å². The summed E-state index contributed by atoms with van der Waals surface area (Å²) in [5.74, 6) is 1.18. The number of piperidine rings is 1. The lowest BCUT2D eigenvalue weighted by Crippen LogP contribution is -2.46. The molecule has 0 saturated carbocycles. The number of Topliss-reactive ketones (excluding diaryl/α,β-unsaturated/α-hetero) is 1. The van der Waals surface area contributed by atoms with Gasteiger partial charge < -0.3 is 4.74 Å². The number of rotatable bonds is 2. The molecule has 16 heavy (non-hydrogen) atoms. The summed E-state index contributed by atoms with van der Waals surface area (Å²) in [7, 11) is 0. The van der Waals surface area contributed by atoms with E-state index in [1.54, 1.807) is 0 Å². The van der Waals surface area contributed by atoms with Crippen LogP contribution < -0.4 is 0 Å². The minimum Gasteiger partial charge on any atom is -0.378 e. The van der Waals surface area contributed by atoms with Crippen molar-refractivity contribution in [3.05, 3.63) is 0 Å². The summed E-state index contributed by atoms with van der Waals surface area (Å²) < 4.78 is 5.63. The summed E-state index contributed by atoms with van der Waals surface area (Å²) in [5.41, 5.74) is 0. The number of nitrogens with zero attached hydrogens (tertiary/aromatic N) is 1. The second kappa shape index (κ2) is 4.11. The van der Waals surface area contributed by atoms with Crippen LogP contribution in [-0.2, 0) is 9.53 Å². The fourth-order valence-corrected chi connectivity index (χ4v) is 3.65. The Morgan fingerprint density at radius 2 is 1.94 bits per heavy atom. The number of hydrogen-bond acceptors (Lipinski definition) is 3. The maximum absolute atomic E-state index is 11.5. The first-order chi connectivity index (χ1) is 7.74. The predicted octanol–water partition coefficient (Wildman–Crippen LogP) is 1.61. The second-order valence-electron chi connectivity index (χ2n) is 5.65. The third-order valence-electron chi connectivity index (χ3n) is 4.68. The summed E-state index contributed by atoms with van der Waals surface area (Å²) in [6.07, 6.45) is 5.69. The van der Waals surface area contributed by atoms with Crippen molar-refractivity contribution >= 4 is 5.78 Å². The molecule has 3 aliphatic rings. The van der Waals surface area contributed by atoms with E-state index in [1.807, 2.05) is 0 Å². The van der Waals surface area contributed by atoms with Gasteiger partial charge >= 0.3 is 0 Å². The maximum Gasteiger partial charge on any atom is 0.136 e. The van der Waals surface area contributed by atoms with E-state index in [9.17, 15) is 4.79 Å². The molecular weight excluding hydrogens is 202 g/mol. The molecule has 0 aromatic heterocycles. The van der Waals surface area contributed by atoms with E-state index in [0.717, 1.165) is 26.0 Å². The van der Waals surface area contributed by atoms with Crippen LogP contribution in [0.3, 0.4) is 0 Å².